The monoisotopic (exact) mass is 160 g/mol. The molecule has 1 heterocycles. The summed E-state index contributed by atoms with van der Waals surface area (Å²) in [4.78, 5) is 16.3. The summed E-state index contributed by atoms with van der Waals surface area (Å²) in [6, 6.07) is 0. The number of rotatable bonds is 0. The van der Waals surface area contributed by atoms with E-state index in [9.17, 15) is 4.79 Å². The van der Waals surface area contributed by atoms with E-state index in [1.165, 1.54) is 6.92 Å². The average Bonchev–Trinajstić information content (AvgIpc) is 1.84. The normalized spacial score (nSPS) is 9.80. The van der Waals surface area contributed by atoms with E-state index in [1.807, 2.05) is 0 Å². The van der Waals surface area contributed by atoms with Gasteiger partial charge < -0.3 is 10.1 Å². The number of nitrogens with zero attached hydrogens (tertiary/aromatic N) is 1. The van der Waals surface area contributed by atoms with E-state index < -0.39 is 5.56 Å². The first-order chi connectivity index (χ1) is 4.61. The molecule has 0 saturated carbocycles. The van der Waals surface area contributed by atoms with E-state index in [-0.39, 0.29) is 11.0 Å². The average molecular weight is 161 g/mol. The highest BCUT2D eigenvalue weighted by atomic mass is 35.5. The lowest BCUT2D eigenvalue weighted by Crippen LogP contribution is -2.09. The molecule has 4 nitrogen and oxygen atoms in total. The number of aromatic amines is 1. The molecule has 1 aromatic rings. The lowest BCUT2D eigenvalue weighted by atomic mass is 10.5. The molecule has 1 aromatic heterocycles. The molecule has 0 aromatic carbocycles. The zero-order chi connectivity index (χ0) is 7.72. The van der Waals surface area contributed by atoms with Gasteiger partial charge in [0.1, 0.15) is 0 Å². The number of H-pyrrole nitrogens is 1. The van der Waals surface area contributed by atoms with E-state index in [0.717, 1.165) is 0 Å². The molecular weight excluding hydrogens is 156 g/mol. The Morgan fingerprint density at radius 2 is 2.30 bits per heavy atom. The molecule has 0 aliphatic rings. The van der Waals surface area contributed by atoms with Crippen LogP contribution in [0.15, 0.2) is 4.79 Å². The summed E-state index contributed by atoms with van der Waals surface area (Å²) in [5.41, 5.74) is -0.175. The van der Waals surface area contributed by atoms with Crippen LogP contribution in [0.4, 0.5) is 0 Å². The van der Waals surface area contributed by atoms with Gasteiger partial charge in [-0.3, -0.25) is 4.79 Å². The molecule has 0 fully saturated rings. The second-order valence-corrected chi connectivity index (χ2v) is 2.16. The van der Waals surface area contributed by atoms with Crippen LogP contribution in [0.2, 0.25) is 5.15 Å². The van der Waals surface area contributed by atoms with Gasteiger partial charge >= 0.3 is 0 Å². The van der Waals surface area contributed by atoms with Crippen molar-refractivity contribution in [3.8, 4) is 5.88 Å². The van der Waals surface area contributed by atoms with E-state index in [0.29, 0.717) is 5.69 Å². The van der Waals surface area contributed by atoms with Crippen LogP contribution in [-0.4, -0.2) is 15.1 Å². The first-order valence-corrected chi connectivity index (χ1v) is 2.94. The van der Waals surface area contributed by atoms with E-state index in [2.05, 4.69) is 9.97 Å². The van der Waals surface area contributed by atoms with E-state index in [4.69, 9.17) is 16.7 Å². The Bertz CT molecular complexity index is 307. The molecule has 0 bridgehead atoms. The Balaban J connectivity index is 3.43. The highest BCUT2D eigenvalue weighted by Gasteiger charge is 2.01. The molecule has 0 amide bonds. The fourth-order valence-corrected chi connectivity index (χ4v) is 0.633. The van der Waals surface area contributed by atoms with Crippen LogP contribution in [0.3, 0.4) is 0 Å². The molecule has 1 rings (SSSR count). The number of nitrogens with one attached hydrogen (secondary N) is 1. The Kier molecular flexibility index (Phi) is 1.63. The molecular formula is C5H5ClN2O2. The number of aryl methyl sites for hydroxylation is 1. The van der Waals surface area contributed by atoms with Gasteiger partial charge in [-0.2, -0.15) is 4.98 Å². The molecule has 0 radical (unpaired) electrons. The minimum absolute atomic E-state index is 0.246. The minimum atomic E-state index is -0.489. The highest BCUT2D eigenvalue weighted by Crippen LogP contribution is 2.08. The van der Waals surface area contributed by atoms with Gasteiger partial charge in [0, 0.05) is 0 Å². The number of hydrogen-bond acceptors (Lipinski definition) is 3. The molecule has 2 N–H and O–H groups in total. The molecule has 10 heavy (non-hydrogen) atoms. The molecule has 0 unspecified atom stereocenters. The van der Waals surface area contributed by atoms with Gasteiger partial charge in [0.15, 0.2) is 5.15 Å². The third-order valence-corrected chi connectivity index (χ3v) is 1.28. The lowest BCUT2D eigenvalue weighted by molar-refractivity contribution is 0.444. The number of aromatic hydroxyl groups is 1. The Hall–Kier alpha value is -1.03. The Morgan fingerprint density at radius 3 is 2.80 bits per heavy atom. The maximum atomic E-state index is 10.6. The third kappa shape index (κ3) is 1.11. The van der Waals surface area contributed by atoms with E-state index >= 15 is 0 Å². The first-order valence-electron chi connectivity index (χ1n) is 2.56. The molecule has 0 aliphatic heterocycles. The summed E-state index contributed by atoms with van der Waals surface area (Å²) in [6.45, 7) is 1.53. The molecule has 0 aliphatic carbocycles. The SMILES string of the molecule is Cc1[nH]c(=O)c(Cl)nc1O. The van der Waals surface area contributed by atoms with Gasteiger partial charge in [-0.05, 0) is 6.92 Å². The van der Waals surface area contributed by atoms with Gasteiger partial charge in [-0.25, -0.2) is 0 Å². The van der Waals surface area contributed by atoms with Gasteiger partial charge in [0.25, 0.3) is 5.56 Å². The van der Waals surface area contributed by atoms with Crippen molar-refractivity contribution < 1.29 is 5.11 Å². The third-order valence-electron chi connectivity index (χ3n) is 1.03. The number of halogens is 1. The fraction of sp³-hybridized carbons (Fsp3) is 0.200. The van der Waals surface area contributed by atoms with Crippen LogP contribution in [0.5, 0.6) is 5.88 Å². The van der Waals surface area contributed by atoms with Crippen molar-refractivity contribution in [1.29, 1.82) is 0 Å². The van der Waals surface area contributed by atoms with Crippen LogP contribution in [0, 0.1) is 6.92 Å². The maximum Gasteiger partial charge on any atom is 0.286 e. The molecule has 0 saturated heterocycles. The van der Waals surface area contributed by atoms with Crippen molar-refractivity contribution in [1.82, 2.24) is 9.97 Å². The van der Waals surface area contributed by atoms with Crippen molar-refractivity contribution in [2.75, 3.05) is 0 Å². The predicted molar refractivity (Wildman–Crippen MR) is 36.3 cm³/mol. The summed E-state index contributed by atoms with van der Waals surface area (Å²) in [7, 11) is 0. The van der Waals surface area contributed by atoms with Crippen LogP contribution in [-0.2, 0) is 0 Å². The minimum Gasteiger partial charge on any atom is -0.492 e. The molecule has 0 spiro atoms. The number of aromatic nitrogens is 2. The largest absolute Gasteiger partial charge is 0.492 e. The summed E-state index contributed by atoms with van der Waals surface area (Å²) in [5, 5.41) is 8.61. The Morgan fingerprint density at radius 1 is 1.70 bits per heavy atom. The van der Waals surface area contributed by atoms with Crippen molar-refractivity contribution in [3.05, 3.63) is 21.2 Å². The van der Waals surface area contributed by atoms with Crippen molar-refractivity contribution >= 4 is 11.6 Å². The fourth-order valence-electron chi connectivity index (χ4n) is 0.505. The summed E-state index contributed by atoms with van der Waals surface area (Å²) in [5.74, 6) is -0.246. The topological polar surface area (TPSA) is 66.0 Å². The standard InChI is InChI=1S/C5H5ClN2O2/c1-2-4(9)8-3(6)5(10)7-2/h1H3,(H,7,10)(H,8,9). The summed E-state index contributed by atoms with van der Waals surface area (Å²) >= 11 is 5.27. The summed E-state index contributed by atoms with van der Waals surface area (Å²) < 4.78 is 0. The van der Waals surface area contributed by atoms with Crippen LogP contribution < -0.4 is 5.56 Å². The van der Waals surface area contributed by atoms with E-state index in [1.54, 1.807) is 0 Å². The summed E-state index contributed by atoms with van der Waals surface area (Å²) in [6.07, 6.45) is 0. The zero-order valence-electron chi connectivity index (χ0n) is 5.18. The van der Waals surface area contributed by atoms with Gasteiger partial charge in [-0.1, -0.05) is 11.6 Å². The van der Waals surface area contributed by atoms with Gasteiger partial charge in [-0.15, -0.1) is 0 Å². The van der Waals surface area contributed by atoms with Gasteiger partial charge in [0.2, 0.25) is 5.88 Å². The molecule has 0 atom stereocenters. The van der Waals surface area contributed by atoms with Crippen molar-refractivity contribution in [3.63, 3.8) is 0 Å². The number of hydrogen-bond donors (Lipinski definition) is 2. The first kappa shape index (κ1) is 7.08. The van der Waals surface area contributed by atoms with Crippen molar-refractivity contribution in [2.45, 2.75) is 6.92 Å². The zero-order valence-corrected chi connectivity index (χ0v) is 5.94. The van der Waals surface area contributed by atoms with Crippen LogP contribution in [0.1, 0.15) is 5.69 Å². The molecule has 5 heteroatoms. The molecule has 54 valence electrons. The smallest absolute Gasteiger partial charge is 0.286 e. The lowest BCUT2D eigenvalue weighted by Gasteiger charge is -1.94. The van der Waals surface area contributed by atoms with Crippen LogP contribution >= 0.6 is 11.6 Å². The quantitative estimate of drug-likeness (QED) is 0.579. The maximum absolute atomic E-state index is 10.6. The Labute approximate surface area is 61.5 Å². The second-order valence-electron chi connectivity index (χ2n) is 1.81. The predicted octanol–water partition coefficient (Wildman–Crippen LogP) is 0.437. The van der Waals surface area contributed by atoms with Crippen LogP contribution in [0.25, 0.3) is 0 Å². The van der Waals surface area contributed by atoms with Crippen molar-refractivity contribution in [2.24, 2.45) is 0 Å². The highest BCUT2D eigenvalue weighted by molar-refractivity contribution is 6.29. The van der Waals surface area contributed by atoms with Gasteiger partial charge in [0.05, 0.1) is 5.69 Å². The second kappa shape index (κ2) is 2.30.